The first-order valence-corrected chi connectivity index (χ1v) is 31.8. The summed E-state index contributed by atoms with van der Waals surface area (Å²) in [6.07, 6.45) is 7.95. The highest BCUT2D eigenvalue weighted by Gasteiger charge is 2.53. The van der Waals surface area contributed by atoms with Gasteiger partial charge >= 0.3 is 0 Å². The molecule has 0 N–H and O–H groups in total. The number of hydrogen-bond acceptors (Lipinski definition) is 2. The fourth-order valence-corrected chi connectivity index (χ4v) is 15.0. The fraction of sp³-hybridized carbons (Fsp3) is 0.0345. The third kappa shape index (κ3) is 9.55. The zero-order valence-corrected chi connectivity index (χ0v) is 52.8. The van der Waals surface area contributed by atoms with E-state index in [2.05, 4.69) is 19.7 Å². The smallest absolute Gasteiger partial charge is 0.200 e. The quantitative estimate of drug-likeness (QED) is 0.0573. The van der Waals surface area contributed by atoms with Crippen LogP contribution in [0.1, 0.15) is 62.6 Å². The van der Waals surface area contributed by atoms with Gasteiger partial charge in [-0.05, 0) is 156 Å². The molecular weight excluding hydrogens is 1260 g/mol. The van der Waals surface area contributed by atoms with Crippen molar-refractivity contribution in [2.45, 2.75) is 17.8 Å². The standard InChI is InChI=1S/C87H54F10N2/c1-5-17-68-62(8-4)66-46-44-60(48-70(66)86(68,56-36-28-50(6-2)29-37-56)74-76(88)80(92)84(96)81(93)77(74)89)98(72-26-15-20-54-18-9-11-22-63(54)72)58-40-32-52(33-41-58)53-34-42-59(43-35-53)99(73-27-16-21-55-19-10-12-23-64(55)73)61-45-47-67-65-24-13-14-25-69(65)87(71(67)49-61,57-38-30-51(7-3)31-39-57)75-78(90)82(94)85(97)83(95)79(75)91/h5-49H,2-4H2,1H3/b17-5-. The summed E-state index contributed by atoms with van der Waals surface area (Å²) in [5, 5.41) is 3.47. The van der Waals surface area contributed by atoms with E-state index in [0.717, 1.165) is 32.7 Å². The first kappa shape index (κ1) is 63.1. The molecule has 12 heteroatoms. The molecule has 0 saturated carbocycles. The van der Waals surface area contributed by atoms with Crippen molar-refractivity contribution in [1.29, 1.82) is 0 Å². The van der Waals surface area contributed by atoms with Crippen LogP contribution < -0.4 is 9.80 Å². The molecule has 0 fully saturated rings. The van der Waals surface area contributed by atoms with Gasteiger partial charge in [0.2, 0.25) is 11.6 Å². The summed E-state index contributed by atoms with van der Waals surface area (Å²) >= 11 is 0. The minimum absolute atomic E-state index is 0.212. The number of allylic oxidation sites excluding steroid dienone is 5. The van der Waals surface area contributed by atoms with E-state index in [1.807, 2.05) is 161 Å². The summed E-state index contributed by atoms with van der Waals surface area (Å²) in [5.74, 6) is -20.8. The van der Waals surface area contributed by atoms with Crippen LogP contribution in [0, 0.1) is 58.2 Å². The number of nitrogens with zero attached hydrogens (tertiary/aromatic N) is 2. The van der Waals surface area contributed by atoms with Crippen molar-refractivity contribution in [3.8, 4) is 22.3 Å². The van der Waals surface area contributed by atoms with Crippen molar-refractivity contribution in [3.63, 3.8) is 0 Å². The Hall–Kier alpha value is -12.0. The predicted molar refractivity (Wildman–Crippen MR) is 378 cm³/mol. The van der Waals surface area contributed by atoms with Crippen LogP contribution in [0.25, 0.3) is 61.5 Å². The molecule has 482 valence electrons. The van der Waals surface area contributed by atoms with Gasteiger partial charge in [-0.15, -0.1) is 0 Å². The average molecular weight is 1320 g/mol. The number of anilines is 6. The molecule has 0 bridgehead atoms. The molecule has 13 aromatic rings. The van der Waals surface area contributed by atoms with Gasteiger partial charge in [-0.1, -0.05) is 232 Å². The van der Waals surface area contributed by atoms with Gasteiger partial charge in [0.05, 0.1) is 22.2 Å². The number of fused-ring (bicyclic) bond motifs is 6. The van der Waals surface area contributed by atoms with Crippen LogP contribution >= 0.6 is 0 Å². The second kappa shape index (κ2) is 24.6. The van der Waals surface area contributed by atoms with E-state index < -0.39 is 80.1 Å². The largest absolute Gasteiger partial charge is 0.310 e. The third-order valence-electron chi connectivity index (χ3n) is 19.4. The maximum atomic E-state index is 17.1. The number of hydrogen-bond donors (Lipinski definition) is 0. The summed E-state index contributed by atoms with van der Waals surface area (Å²) in [4.78, 5) is 3.97. The van der Waals surface area contributed by atoms with Crippen LogP contribution in [0.2, 0.25) is 0 Å². The van der Waals surface area contributed by atoms with E-state index in [1.165, 1.54) is 6.08 Å². The van der Waals surface area contributed by atoms with E-state index >= 15 is 43.9 Å². The van der Waals surface area contributed by atoms with Gasteiger partial charge < -0.3 is 9.80 Å². The lowest BCUT2D eigenvalue weighted by Gasteiger charge is -2.36. The van der Waals surface area contributed by atoms with Crippen molar-refractivity contribution >= 4 is 73.4 Å². The Morgan fingerprint density at radius 3 is 1.15 bits per heavy atom. The highest BCUT2D eigenvalue weighted by atomic mass is 19.2. The van der Waals surface area contributed by atoms with E-state index in [1.54, 1.807) is 122 Å². The third-order valence-corrected chi connectivity index (χ3v) is 19.4. The Morgan fingerprint density at radius 2 is 0.697 bits per heavy atom. The molecule has 0 aromatic heterocycles. The summed E-state index contributed by atoms with van der Waals surface area (Å²) in [5.41, 5.74) is 3.58. The Balaban J connectivity index is 0.888. The molecule has 0 aliphatic heterocycles. The average Bonchev–Trinajstić information content (AvgIpc) is 1.56. The van der Waals surface area contributed by atoms with Crippen LogP contribution in [0.15, 0.2) is 286 Å². The minimum atomic E-state index is -2.29. The topological polar surface area (TPSA) is 6.48 Å². The Morgan fingerprint density at radius 1 is 0.323 bits per heavy atom. The SMILES string of the molecule is C=CC1=C(/C=C\C)C(c2ccc(C=C)cc2)(c2c(F)c(F)c(F)c(F)c2F)c2cc(N(c3ccc(-c4ccc(N(c5ccc6c(c5)C(c5ccc(C=C)cc5)(c5c(F)c(F)c(F)c(F)c5F)c5ccccc5-6)c5cccc6ccccc56)cc4)cc3)c3cccc4ccccc34)ccc21. The zero-order chi connectivity index (χ0) is 68.8. The van der Waals surface area contributed by atoms with Gasteiger partial charge in [-0.25, -0.2) is 43.9 Å². The molecule has 2 atom stereocenters. The van der Waals surface area contributed by atoms with Gasteiger partial charge in [0.15, 0.2) is 46.5 Å². The molecule has 15 rings (SSSR count). The van der Waals surface area contributed by atoms with Crippen molar-refractivity contribution < 1.29 is 43.9 Å². The highest BCUT2D eigenvalue weighted by molar-refractivity contribution is 6.02. The molecule has 2 aliphatic rings. The van der Waals surface area contributed by atoms with Crippen molar-refractivity contribution in [1.82, 2.24) is 0 Å². The summed E-state index contributed by atoms with van der Waals surface area (Å²) < 4.78 is 162. The van der Waals surface area contributed by atoms with Crippen molar-refractivity contribution in [2.75, 3.05) is 9.80 Å². The first-order chi connectivity index (χ1) is 48.1. The Kier molecular flexibility index (Phi) is 15.6. The monoisotopic (exact) mass is 1320 g/mol. The van der Waals surface area contributed by atoms with E-state index in [4.69, 9.17) is 0 Å². The van der Waals surface area contributed by atoms with E-state index in [0.29, 0.717) is 73.1 Å². The van der Waals surface area contributed by atoms with E-state index in [-0.39, 0.29) is 27.8 Å². The molecule has 13 aromatic carbocycles. The van der Waals surface area contributed by atoms with E-state index in [9.17, 15) is 0 Å². The number of halogens is 10. The number of rotatable bonds is 15. The zero-order valence-electron chi connectivity index (χ0n) is 52.8. The summed E-state index contributed by atoms with van der Waals surface area (Å²) in [6, 6.07) is 73.5. The van der Waals surface area contributed by atoms with Gasteiger partial charge in [0, 0.05) is 44.6 Å². The molecular formula is C87H54F10N2. The van der Waals surface area contributed by atoms with Crippen LogP contribution in [-0.4, -0.2) is 0 Å². The second-order valence-corrected chi connectivity index (χ2v) is 24.3. The second-order valence-electron chi connectivity index (χ2n) is 24.3. The predicted octanol–water partition coefficient (Wildman–Crippen LogP) is 24.5. The number of benzene rings is 13. The van der Waals surface area contributed by atoms with Crippen LogP contribution in [0.4, 0.5) is 78.0 Å². The maximum absolute atomic E-state index is 17.1. The lowest BCUT2D eigenvalue weighted by Crippen LogP contribution is -2.33. The fourth-order valence-electron chi connectivity index (χ4n) is 15.0. The lowest BCUT2D eigenvalue weighted by molar-refractivity contribution is 0.363. The van der Waals surface area contributed by atoms with Crippen LogP contribution in [0.5, 0.6) is 0 Å². The van der Waals surface area contributed by atoms with Gasteiger partial charge in [0.25, 0.3) is 0 Å². The first-order valence-electron chi connectivity index (χ1n) is 31.8. The normalized spacial score (nSPS) is 15.3. The maximum Gasteiger partial charge on any atom is 0.200 e. The highest BCUT2D eigenvalue weighted by Crippen LogP contribution is 2.61. The van der Waals surface area contributed by atoms with Gasteiger partial charge in [-0.2, -0.15) is 0 Å². The summed E-state index contributed by atoms with van der Waals surface area (Å²) in [6.45, 7) is 13.6. The molecule has 99 heavy (non-hydrogen) atoms. The molecule has 0 saturated heterocycles. The van der Waals surface area contributed by atoms with Gasteiger partial charge in [-0.3, -0.25) is 0 Å². The molecule has 2 aliphatic carbocycles. The molecule has 2 unspecified atom stereocenters. The molecule has 0 radical (unpaired) electrons. The summed E-state index contributed by atoms with van der Waals surface area (Å²) in [7, 11) is 0. The van der Waals surface area contributed by atoms with Crippen molar-refractivity contribution in [3.05, 3.63) is 400 Å². The van der Waals surface area contributed by atoms with Crippen LogP contribution in [0.3, 0.4) is 0 Å². The van der Waals surface area contributed by atoms with Crippen molar-refractivity contribution in [2.24, 2.45) is 0 Å². The molecule has 2 nitrogen and oxygen atoms in total. The molecule has 0 spiro atoms. The van der Waals surface area contributed by atoms with Gasteiger partial charge in [0.1, 0.15) is 0 Å². The minimum Gasteiger partial charge on any atom is -0.310 e. The molecule has 0 heterocycles. The van der Waals surface area contributed by atoms with Crippen LogP contribution in [-0.2, 0) is 10.8 Å². The lowest BCUT2D eigenvalue weighted by atomic mass is 9.66. The molecule has 0 amide bonds. The Labute approximate surface area is 564 Å². The Bertz CT molecular complexity index is 5510.